The van der Waals surface area contributed by atoms with Crippen molar-refractivity contribution in [3.8, 4) is 11.3 Å². The minimum atomic E-state index is -3.71. The van der Waals surface area contributed by atoms with Crippen molar-refractivity contribution in [1.82, 2.24) is 18.9 Å². The van der Waals surface area contributed by atoms with Crippen LogP contribution in [0.4, 0.5) is 0 Å². The molecule has 9 heteroatoms. The number of benzene rings is 2. The third-order valence-electron chi connectivity index (χ3n) is 5.41. The van der Waals surface area contributed by atoms with Gasteiger partial charge in [0.25, 0.3) is 0 Å². The summed E-state index contributed by atoms with van der Waals surface area (Å²) in [5, 5.41) is 0.790. The lowest BCUT2D eigenvalue weighted by Gasteiger charge is -2.19. The van der Waals surface area contributed by atoms with Crippen LogP contribution >= 0.6 is 0 Å². The van der Waals surface area contributed by atoms with Gasteiger partial charge in [0.05, 0.1) is 17.6 Å². The van der Waals surface area contributed by atoms with E-state index in [4.69, 9.17) is 4.74 Å². The molecular formula is C26H24N4O4S. The van der Waals surface area contributed by atoms with Crippen molar-refractivity contribution in [2.45, 2.75) is 32.1 Å². The SMILES string of the molecule is CC(C)(C)OC(=O)c1[nH]c2ccccc2c1-c1cnc2c(ccn2S(=O)(=O)Cc2ccccc2)n1. The predicted octanol–water partition coefficient (Wildman–Crippen LogP) is 4.91. The molecule has 0 spiro atoms. The molecule has 178 valence electrons. The van der Waals surface area contributed by atoms with Gasteiger partial charge in [0.2, 0.25) is 10.0 Å². The van der Waals surface area contributed by atoms with Crippen LogP contribution < -0.4 is 0 Å². The monoisotopic (exact) mass is 488 g/mol. The maximum atomic E-state index is 13.1. The molecule has 0 aliphatic heterocycles. The quantitative estimate of drug-likeness (QED) is 0.352. The lowest BCUT2D eigenvalue weighted by atomic mass is 10.1. The number of nitrogens with zero attached hydrogens (tertiary/aromatic N) is 3. The average Bonchev–Trinajstić information content (AvgIpc) is 3.40. The fraction of sp³-hybridized carbons (Fsp3) is 0.192. The Hall–Kier alpha value is -3.98. The molecule has 0 bridgehead atoms. The number of carbonyl (C=O) groups is 1. The zero-order chi connectivity index (χ0) is 24.8. The van der Waals surface area contributed by atoms with E-state index in [1.54, 1.807) is 51.1 Å². The normalized spacial score (nSPS) is 12.3. The molecule has 5 rings (SSSR count). The number of hydrogen-bond acceptors (Lipinski definition) is 6. The molecule has 0 unspecified atom stereocenters. The summed E-state index contributed by atoms with van der Waals surface area (Å²) in [7, 11) is -3.71. The van der Waals surface area contributed by atoms with Crippen LogP contribution in [-0.2, 0) is 20.5 Å². The smallest absolute Gasteiger partial charge is 0.356 e. The van der Waals surface area contributed by atoms with E-state index in [0.29, 0.717) is 22.3 Å². The van der Waals surface area contributed by atoms with Crippen molar-refractivity contribution in [1.29, 1.82) is 0 Å². The number of aromatic nitrogens is 4. The van der Waals surface area contributed by atoms with Crippen molar-refractivity contribution in [3.05, 3.63) is 84.3 Å². The highest BCUT2D eigenvalue weighted by atomic mass is 32.2. The Morgan fingerprint density at radius 3 is 2.49 bits per heavy atom. The van der Waals surface area contributed by atoms with E-state index in [-0.39, 0.29) is 17.1 Å². The minimum Gasteiger partial charge on any atom is -0.455 e. The van der Waals surface area contributed by atoms with Gasteiger partial charge >= 0.3 is 5.97 Å². The van der Waals surface area contributed by atoms with Gasteiger partial charge in [-0.1, -0.05) is 48.5 Å². The summed E-state index contributed by atoms with van der Waals surface area (Å²) in [6.07, 6.45) is 2.94. The van der Waals surface area contributed by atoms with Crippen LogP contribution in [0.5, 0.6) is 0 Å². The first-order valence-electron chi connectivity index (χ1n) is 11.1. The summed E-state index contributed by atoms with van der Waals surface area (Å²) in [4.78, 5) is 25.3. The standard InChI is InChI=1S/C26H24N4O4S/c1-26(2,3)34-25(31)23-22(18-11-7-8-12-19(18)29-23)21-15-27-24-20(28-21)13-14-30(24)35(32,33)16-17-9-5-4-6-10-17/h4-15,29H,16H2,1-3H3. The average molecular weight is 489 g/mol. The molecule has 0 amide bonds. The number of aromatic amines is 1. The third-order valence-corrected chi connectivity index (χ3v) is 7.00. The van der Waals surface area contributed by atoms with Crippen LogP contribution in [0.1, 0.15) is 36.8 Å². The lowest BCUT2D eigenvalue weighted by molar-refractivity contribution is 0.00647. The van der Waals surface area contributed by atoms with E-state index in [9.17, 15) is 13.2 Å². The third kappa shape index (κ3) is 4.42. The number of hydrogen-bond donors (Lipinski definition) is 1. The van der Waals surface area contributed by atoms with E-state index in [0.717, 1.165) is 14.9 Å². The van der Waals surface area contributed by atoms with Crippen LogP contribution in [0.2, 0.25) is 0 Å². The van der Waals surface area contributed by atoms with Crippen molar-refractivity contribution < 1.29 is 17.9 Å². The molecule has 0 aliphatic rings. The number of carbonyl (C=O) groups excluding carboxylic acids is 1. The number of fused-ring (bicyclic) bond motifs is 2. The number of ether oxygens (including phenoxy) is 1. The molecule has 35 heavy (non-hydrogen) atoms. The molecule has 2 aromatic carbocycles. The number of rotatable bonds is 5. The summed E-state index contributed by atoms with van der Waals surface area (Å²) < 4.78 is 32.9. The van der Waals surface area contributed by atoms with Crippen LogP contribution in [0.3, 0.4) is 0 Å². The minimum absolute atomic E-state index is 0.160. The molecule has 0 saturated carbocycles. The van der Waals surface area contributed by atoms with E-state index in [1.165, 1.54) is 12.4 Å². The van der Waals surface area contributed by atoms with Gasteiger partial charge in [-0.05, 0) is 38.5 Å². The highest BCUT2D eigenvalue weighted by molar-refractivity contribution is 7.89. The molecule has 3 aromatic heterocycles. The molecule has 5 aromatic rings. The molecule has 0 fully saturated rings. The van der Waals surface area contributed by atoms with E-state index >= 15 is 0 Å². The van der Waals surface area contributed by atoms with Gasteiger partial charge < -0.3 is 9.72 Å². The zero-order valence-electron chi connectivity index (χ0n) is 19.5. The fourth-order valence-electron chi connectivity index (χ4n) is 3.98. The Morgan fingerprint density at radius 1 is 1.03 bits per heavy atom. The van der Waals surface area contributed by atoms with Gasteiger partial charge in [-0.3, -0.25) is 0 Å². The van der Waals surface area contributed by atoms with Gasteiger partial charge in [-0.15, -0.1) is 0 Å². The Bertz CT molecular complexity index is 1660. The number of para-hydroxylation sites is 1. The van der Waals surface area contributed by atoms with Crippen LogP contribution in [0, 0.1) is 0 Å². The van der Waals surface area contributed by atoms with Crippen LogP contribution in [0.15, 0.2) is 73.1 Å². The van der Waals surface area contributed by atoms with Crippen molar-refractivity contribution in [2.24, 2.45) is 0 Å². The topological polar surface area (TPSA) is 107 Å². The number of nitrogens with one attached hydrogen (secondary N) is 1. The highest BCUT2D eigenvalue weighted by Gasteiger charge is 2.26. The molecule has 0 saturated heterocycles. The molecule has 0 radical (unpaired) electrons. The second-order valence-corrected chi connectivity index (χ2v) is 11.1. The highest BCUT2D eigenvalue weighted by Crippen LogP contribution is 2.33. The van der Waals surface area contributed by atoms with Crippen molar-refractivity contribution in [2.75, 3.05) is 0 Å². The van der Waals surface area contributed by atoms with Gasteiger partial charge in [0.1, 0.15) is 16.8 Å². The van der Waals surface area contributed by atoms with Gasteiger partial charge in [0, 0.05) is 22.7 Å². The number of H-pyrrole nitrogens is 1. The fourth-order valence-corrected chi connectivity index (χ4v) is 5.38. The van der Waals surface area contributed by atoms with E-state index < -0.39 is 21.6 Å². The molecule has 0 aliphatic carbocycles. The van der Waals surface area contributed by atoms with Crippen LogP contribution in [-0.4, -0.2) is 38.9 Å². The molecule has 8 nitrogen and oxygen atoms in total. The first-order chi connectivity index (χ1) is 16.6. The lowest BCUT2D eigenvalue weighted by Crippen LogP contribution is -2.24. The summed E-state index contributed by atoms with van der Waals surface area (Å²) in [5.41, 5.74) is 2.66. The predicted molar refractivity (Wildman–Crippen MR) is 134 cm³/mol. The van der Waals surface area contributed by atoms with Gasteiger partial charge in [0.15, 0.2) is 5.65 Å². The first-order valence-corrected chi connectivity index (χ1v) is 12.7. The van der Waals surface area contributed by atoms with Crippen molar-refractivity contribution >= 4 is 38.1 Å². The second kappa shape index (κ2) is 8.35. The van der Waals surface area contributed by atoms with Gasteiger partial charge in [-0.2, -0.15) is 0 Å². The largest absolute Gasteiger partial charge is 0.455 e. The maximum Gasteiger partial charge on any atom is 0.356 e. The maximum absolute atomic E-state index is 13.1. The first kappa shape index (κ1) is 22.8. The molecule has 0 atom stereocenters. The Morgan fingerprint density at radius 2 is 1.74 bits per heavy atom. The second-order valence-electron chi connectivity index (χ2n) is 9.24. The Balaban J connectivity index is 1.60. The van der Waals surface area contributed by atoms with Crippen LogP contribution in [0.25, 0.3) is 33.3 Å². The van der Waals surface area contributed by atoms with Gasteiger partial charge in [-0.25, -0.2) is 27.2 Å². The molecule has 1 N–H and O–H groups in total. The Labute approximate surface area is 202 Å². The summed E-state index contributed by atoms with van der Waals surface area (Å²) in [6.45, 7) is 5.41. The number of esters is 1. The molecular weight excluding hydrogens is 464 g/mol. The van der Waals surface area contributed by atoms with Crippen molar-refractivity contribution in [3.63, 3.8) is 0 Å². The summed E-state index contributed by atoms with van der Waals surface area (Å²) in [5.74, 6) is -0.666. The summed E-state index contributed by atoms with van der Waals surface area (Å²) in [6, 6.07) is 18.1. The zero-order valence-corrected chi connectivity index (χ0v) is 20.3. The summed E-state index contributed by atoms with van der Waals surface area (Å²) >= 11 is 0. The molecule has 3 heterocycles. The van der Waals surface area contributed by atoms with E-state index in [2.05, 4.69) is 15.0 Å². The Kier molecular flexibility index (Phi) is 5.44. The van der Waals surface area contributed by atoms with E-state index in [1.807, 2.05) is 30.3 Å².